The summed E-state index contributed by atoms with van der Waals surface area (Å²) in [6, 6.07) is 9.25. The Labute approximate surface area is 132 Å². The topological polar surface area (TPSA) is 72.6 Å². The van der Waals surface area contributed by atoms with E-state index in [0.717, 1.165) is 5.56 Å². The van der Waals surface area contributed by atoms with Crippen molar-refractivity contribution in [3.63, 3.8) is 0 Å². The third-order valence-electron chi connectivity index (χ3n) is 3.88. The van der Waals surface area contributed by atoms with Gasteiger partial charge in [-0.25, -0.2) is 4.98 Å². The van der Waals surface area contributed by atoms with E-state index in [1.54, 1.807) is 6.20 Å². The van der Waals surface area contributed by atoms with Crippen LogP contribution < -0.4 is 0 Å². The molecule has 1 saturated heterocycles. The predicted octanol–water partition coefficient (Wildman–Crippen LogP) is 1.26. The molecule has 0 atom stereocenters. The first-order valence-corrected chi connectivity index (χ1v) is 7.46. The normalized spacial score (nSPS) is 15.0. The van der Waals surface area contributed by atoms with Gasteiger partial charge in [0.1, 0.15) is 0 Å². The number of fused-ring (bicyclic) bond motifs is 1. The Hall–Kier alpha value is -2.80. The van der Waals surface area contributed by atoms with Gasteiger partial charge in [-0.2, -0.15) is 0 Å². The Morgan fingerprint density at radius 3 is 2.65 bits per heavy atom. The Bertz CT molecular complexity index is 837. The van der Waals surface area contributed by atoms with Gasteiger partial charge in [0, 0.05) is 36.6 Å². The van der Waals surface area contributed by atoms with Gasteiger partial charge in [0.05, 0.1) is 13.2 Å². The fraction of sp³-hybridized carbons (Fsp3) is 0.250. The lowest BCUT2D eigenvalue weighted by atomic mass is 10.1. The Morgan fingerprint density at radius 2 is 1.87 bits per heavy atom. The number of amides is 1. The van der Waals surface area contributed by atoms with E-state index in [0.29, 0.717) is 43.5 Å². The number of nitrogens with zero attached hydrogens (tertiary/aromatic N) is 5. The largest absolute Gasteiger partial charge is 0.378 e. The van der Waals surface area contributed by atoms with E-state index in [9.17, 15) is 4.79 Å². The molecule has 1 aromatic carbocycles. The van der Waals surface area contributed by atoms with Gasteiger partial charge < -0.3 is 9.64 Å². The van der Waals surface area contributed by atoms with E-state index in [1.807, 2.05) is 45.8 Å². The molecule has 23 heavy (non-hydrogen) atoms. The summed E-state index contributed by atoms with van der Waals surface area (Å²) in [6.07, 6.45) is 3.54. The molecule has 4 rings (SSSR count). The fourth-order valence-electron chi connectivity index (χ4n) is 2.65. The van der Waals surface area contributed by atoms with Crippen LogP contribution in [0.15, 0.2) is 42.7 Å². The van der Waals surface area contributed by atoms with E-state index >= 15 is 0 Å². The zero-order valence-electron chi connectivity index (χ0n) is 12.4. The minimum atomic E-state index is 0.0348. The molecule has 3 heterocycles. The lowest BCUT2D eigenvalue weighted by Crippen LogP contribution is -2.40. The van der Waals surface area contributed by atoms with E-state index in [2.05, 4.69) is 15.2 Å². The van der Waals surface area contributed by atoms with Gasteiger partial charge >= 0.3 is 0 Å². The van der Waals surface area contributed by atoms with Crippen molar-refractivity contribution in [2.45, 2.75) is 0 Å². The number of hydrogen-bond donors (Lipinski definition) is 0. The summed E-state index contributed by atoms with van der Waals surface area (Å²) in [5.74, 6) is 1.29. The number of morpholine rings is 1. The lowest BCUT2D eigenvalue weighted by Gasteiger charge is -2.26. The molecule has 2 aromatic heterocycles. The van der Waals surface area contributed by atoms with E-state index in [-0.39, 0.29) is 5.91 Å². The van der Waals surface area contributed by atoms with Crippen LogP contribution >= 0.6 is 0 Å². The van der Waals surface area contributed by atoms with Crippen molar-refractivity contribution in [3.05, 3.63) is 48.3 Å². The van der Waals surface area contributed by atoms with Crippen LogP contribution in [0, 0.1) is 0 Å². The van der Waals surface area contributed by atoms with Crippen molar-refractivity contribution >= 4 is 11.7 Å². The zero-order chi connectivity index (χ0) is 15.6. The van der Waals surface area contributed by atoms with E-state index in [1.165, 1.54) is 0 Å². The molecule has 3 aromatic rings. The summed E-state index contributed by atoms with van der Waals surface area (Å²) in [7, 11) is 0. The number of carbonyl (C=O) groups excluding carboxylic acids is 1. The number of hydrogen-bond acceptors (Lipinski definition) is 5. The summed E-state index contributed by atoms with van der Waals surface area (Å²) in [4.78, 5) is 18.4. The predicted molar refractivity (Wildman–Crippen MR) is 82.9 cm³/mol. The second kappa shape index (κ2) is 5.77. The summed E-state index contributed by atoms with van der Waals surface area (Å²) >= 11 is 0. The fourth-order valence-corrected chi connectivity index (χ4v) is 2.65. The molecular formula is C16H15N5O2. The zero-order valence-corrected chi connectivity index (χ0v) is 12.4. The van der Waals surface area contributed by atoms with Gasteiger partial charge in [-0.05, 0) is 18.2 Å². The molecule has 0 saturated carbocycles. The first kappa shape index (κ1) is 13.8. The highest BCUT2D eigenvalue weighted by Gasteiger charge is 2.18. The van der Waals surface area contributed by atoms with E-state index in [4.69, 9.17) is 4.74 Å². The number of carbonyl (C=O) groups is 1. The molecule has 0 radical (unpaired) electrons. The van der Waals surface area contributed by atoms with Crippen molar-refractivity contribution in [3.8, 4) is 11.4 Å². The molecule has 7 nitrogen and oxygen atoms in total. The third kappa shape index (κ3) is 2.55. The van der Waals surface area contributed by atoms with Crippen molar-refractivity contribution in [1.29, 1.82) is 0 Å². The van der Waals surface area contributed by atoms with Crippen LogP contribution in [0.5, 0.6) is 0 Å². The summed E-state index contributed by atoms with van der Waals surface area (Å²) < 4.78 is 7.10. The van der Waals surface area contributed by atoms with Crippen LogP contribution in [0.25, 0.3) is 17.2 Å². The minimum Gasteiger partial charge on any atom is -0.378 e. The van der Waals surface area contributed by atoms with Crippen LogP contribution in [0.2, 0.25) is 0 Å². The number of ether oxygens (including phenoxy) is 1. The molecular weight excluding hydrogens is 294 g/mol. The third-order valence-corrected chi connectivity index (χ3v) is 3.88. The van der Waals surface area contributed by atoms with Gasteiger partial charge in [-0.1, -0.05) is 12.1 Å². The standard InChI is InChI=1S/C16H15N5O2/c22-15(20-8-10-23-11-9-20)13-4-2-12(3-5-13)14-18-19-16-17-6-1-7-21(14)16/h1-7H,8-11H2. The first-order valence-electron chi connectivity index (χ1n) is 7.46. The Morgan fingerprint density at radius 1 is 1.09 bits per heavy atom. The summed E-state index contributed by atoms with van der Waals surface area (Å²) in [6.45, 7) is 2.48. The van der Waals surface area contributed by atoms with Crippen LogP contribution in [-0.4, -0.2) is 56.7 Å². The first-order chi connectivity index (χ1) is 11.3. The van der Waals surface area contributed by atoms with Gasteiger partial charge in [-0.3, -0.25) is 9.20 Å². The van der Waals surface area contributed by atoms with Gasteiger partial charge in [0.15, 0.2) is 5.82 Å². The molecule has 1 aliphatic rings. The molecule has 0 unspecified atom stereocenters. The Kier molecular flexibility index (Phi) is 3.47. The second-order valence-electron chi connectivity index (χ2n) is 5.30. The molecule has 0 spiro atoms. The highest BCUT2D eigenvalue weighted by Crippen LogP contribution is 2.19. The SMILES string of the molecule is O=C(c1ccc(-c2nnc3ncccn23)cc1)N1CCOCC1. The van der Waals surface area contributed by atoms with Crippen molar-refractivity contribution in [2.75, 3.05) is 26.3 Å². The van der Waals surface area contributed by atoms with Gasteiger partial charge in [0.2, 0.25) is 0 Å². The molecule has 1 amide bonds. The molecule has 1 aliphatic heterocycles. The number of aromatic nitrogens is 4. The smallest absolute Gasteiger partial charge is 0.255 e. The average Bonchev–Trinajstić information content (AvgIpc) is 3.06. The lowest BCUT2D eigenvalue weighted by molar-refractivity contribution is 0.0303. The number of rotatable bonds is 2. The van der Waals surface area contributed by atoms with Gasteiger partial charge in [-0.15, -0.1) is 10.2 Å². The monoisotopic (exact) mass is 309 g/mol. The quantitative estimate of drug-likeness (QED) is 0.712. The second-order valence-corrected chi connectivity index (χ2v) is 5.30. The van der Waals surface area contributed by atoms with Crippen LogP contribution in [0.1, 0.15) is 10.4 Å². The average molecular weight is 309 g/mol. The van der Waals surface area contributed by atoms with Crippen molar-refractivity contribution in [1.82, 2.24) is 24.5 Å². The molecule has 0 bridgehead atoms. The summed E-state index contributed by atoms with van der Waals surface area (Å²) in [5, 5.41) is 8.21. The van der Waals surface area contributed by atoms with Crippen molar-refractivity contribution < 1.29 is 9.53 Å². The maximum absolute atomic E-state index is 12.4. The highest BCUT2D eigenvalue weighted by atomic mass is 16.5. The molecule has 1 fully saturated rings. The molecule has 7 heteroatoms. The van der Waals surface area contributed by atoms with Gasteiger partial charge in [0.25, 0.3) is 11.7 Å². The molecule has 0 N–H and O–H groups in total. The minimum absolute atomic E-state index is 0.0348. The van der Waals surface area contributed by atoms with Crippen LogP contribution in [0.4, 0.5) is 0 Å². The molecule has 0 aliphatic carbocycles. The number of benzene rings is 1. The Balaban J connectivity index is 1.61. The summed E-state index contributed by atoms with van der Waals surface area (Å²) in [5.41, 5.74) is 1.56. The van der Waals surface area contributed by atoms with E-state index < -0.39 is 0 Å². The van der Waals surface area contributed by atoms with Crippen LogP contribution in [0.3, 0.4) is 0 Å². The molecule has 116 valence electrons. The maximum Gasteiger partial charge on any atom is 0.255 e. The van der Waals surface area contributed by atoms with Crippen molar-refractivity contribution in [2.24, 2.45) is 0 Å². The highest BCUT2D eigenvalue weighted by molar-refractivity contribution is 5.94. The maximum atomic E-state index is 12.4. The van der Waals surface area contributed by atoms with Crippen LogP contribution in [-0.2, 0) is 4.74 Å².